The summed E-state index contributed by atoms with van der Waals surface area (Å²) in [4.78, 5) is 16.0. The van der Waals surface area contributed by atoms with E-state index in [0.717, 1.165) is 12.8 Å². The van der Waals surface area contributed by atoms with Gasteiger partial charge in [-0.3, -0.25) is 4.79 Å². The number of hydrogen-bond donors (Lipinski definition) is 1. The average molecular weight is 271 g/mol. The molecule has 100 valence electrons. The van der Waals surface area contributed by atoms with Gasteiger partial charge in [-0.15, -0.1) is 0 Å². The molecule has 7 heteroatoms. The molecule has 0 spiro atoms. The molecule has 1 aromatic rings. The largest absolute Gasteiger partial charge is 0.362 e. The van der Waals surface area contributed by atoms with Gasteiger partial charge in [-0.1, -0.05) is 0 Å². The Labute approximate surface area is 106 Å². The van der Waals surface area contributed by atoms with Gasteiger partial charge in [0, 0.05) is 30.7 Å². The molecule has 1 aromatic heterocycles. The van der Waals surface area contributed by atoms with Crippen LogP contribution in [0.1, 0.15) is 25.8 Å². The summed E-state index contributed by atoms with van der Waals surface area (Å²) in [5.74, 6) is 0.201. The van der Waals surface area contributed by atoms with Gasteiger partial charge in [-0.05, 0) is 19.8 Å². The van der Waals surface area contributed by atoms with Gasteiger partial charge in [0.15, 0.2) is 5.82 Å². The number of sulfone groups is 1. The molecule has 1 aliphatic rings. The van der Waals surface area contributed by atoms with Crippen molar-refractivity contribution >= 4 is 15.7 Å². The molecule has 0 aliphatic heterocycles. The lowest BCUT2D eigenvalue weighted by Gasteiger charge is -2.13. The van der Waals surface area contributed by atoms with Crippen LogP contribution in [-0.2, 0) is 9.84 Å². The molecule has 0 aromatic carbocycles. The zero-order valence-corrected chi connectivity index (χ0v) is 11.3. The predicted octanol–water partition coefficient (Wildman–Crippen LogP) is 0.423. The van der Waals surface area contributed by atoms with E-state index in [2.05, 4.69) is 10.3 Å². The highest BCUT2D eigenvalue weighted by molar-refractivity contribution is 7.90. The third kappa shape index (κ3) is 3.32. The van der Waals surface area contributed by atoms with Crippen LogP contribution < -0.4 is 10.9 Å². The van der Waals surface area contributed by atoms with Gasteiger partial charge in [0.25, 0.3) is 5.56 Å². The molecule has 0 saturated heterocycles. The van der Waals surface area contributed by atoms with E-state index in [1.54, 1.807) is 23.9 Å². The van der Waals surface area contributed by atoms with Crippen LogP contribution in [0.25, 0.3) is 0 Å². The van der Waals surface area contributed by atoms with Crippen LogP contribution in [-0.4, -0.2) is 36.0 Å². The lowest BCUT2D eigenvalue weighted by Crippen LogP contribution is -2.31. The molecular weight excluding hydrogens is 254 g/mol. The molecule has 1 heterocycles. The summed E-state index contributed by atoms with van der Waals surface area (Å²) in [6.45, 7) is 1.72. The van der Waals surface area contributed by atoms with Crippen LogP contribution in [0.5, 0.6) is 0 Å². The predicted molar refractivity (Wildman–Crippen MR) is 69.6 cm³/mol. The summed E-state index contributed by atoms with van der Waals surface area (Å²) in [6.07, 6.45) is 6.44. The van der Waals surface area contributed by atoms with Crippen molar-refractivity contribution in [3.05, 3.63) is 22.7 Å². The molecule has 1 aliphatic carbocycles. The molecule has 1 atom stereocenters. The molecular formula is C11H17N3O3S. The summed E-state index contributed by atoms with van der Waals surface area (Å²) in [6, 6.07) is -0.0542. The van der Waals surface area contributed by atoms with Gasteiger partial charge in [0.2, 0.25) is 0 Å². The highest BCUT2D eigenvalue weighted by Crippen LogP contribution is 2.33. The topological polar surface area (TPSA) is 81.1 Å². The van der Waals surface area contributed by atoms with Crippen molar-refractivity contribution in [2.75, 3.05) is 17.3 Å². The first-order valence-electron chi connectivity index (χ1n) is 5.88. The maximum absolute atomic E-state index is 12.0. The number of nitrogens with zero attached hydrogens (tertiary/aromatic N) is 2. The Morgan fingerprint density at radius 3 is 2.78 bits per heavy atom. The van der Waals surface area contributed by atoms with E-state index in [1.807, 2.05) is 0 Å². The Bertz CT molecular complexity index is 590. The van der Waals surface area contributed by atoms with Gasteiger partial charge in [0.1, 0.15) is 9.84 Å². The fourth-order valence-electron chi connectivity index (χ4n) is 1.89. The van der Waals surface area contributed by atoms with Crippen molar-refractivity contribution in [3.8, 4) is 0 Å². The lowest BCUT2D eigenvalue weighted by atomic mass is 10.4. The van der Waals surface area contributed by atoms with E-state index in [4.69, 9.17) is 0 Å². The minimum Gasteiger partial charge on any atom is -0.362 e. The summed E-state index contributed by atoms with van der Waals surface area (Å²) >= 11 is 0. The van der Waals surface area contributed by atoms with Crippen LogP contribution in [0.2, 0.25) is 0 Å². The number of anilines is 1. The SMILES string of the molecule is CC(CS(C)(=O)=O)Nc1nccn(C2CC2)c1=O. The quantitative estimate of drug-likeness (QED) is 0.839. The smallest absolute Gasteiger partial charge is 0.293 e. The average Bonchev–Trinajstić information content (AvgIpc) is 3.02. The van der Waals surface area contributed by atoms with Crippen LogP contribution in [0.4, 0.5) is 5.82 Å². The summed E-state index contributed by atoms with van der Waals surface area (Å²) in [7, 11) is -3.07. The van der Waals surface area contributed by atoms with Gasteiger partial charge >= 0.3 is 0 Å². The highest BCUT2D eigenvalue weighted by atomic mass is 32.2. The van der Waals surface area contributed by atoms with Crippen molar-refractivity contribution in [2.24, 2.45) is 0 Å². The number of hydrogen-bond acceptors (Lipinski definition) is 5. The van der Waals surface area contributed by atoms with Crippen LogP contribution in [0.15, 0.2) is 17.2 Å². The molecule has 2 rings (SSSR count). The normalized spacial score (nSPS) is 17.4. The van der Waals surface area contributed by atoms with Crippen LogP contribution in [0.3, 0.4) is 0 Å². The molecule has 1 saturated carbocycles. The minimum atomic E-state index is -3.07. The first kappa shape index (κ1) is 13.1. The maximum Gasteiger partial charge on any atom is 0.293 e. The molecule has 18 heavy (non-hydrogen) atoms. The van der Waals surface area contributed by atoms with Gasteiger partial charge in [0.05, 0.1) is 5.75 Å². The molecule has 1 N–H and O–H groups in total. The molecule has 0 amide bonds. The van der Waals surface area contributed by atoms with E-state index in [9.17, 15) is 13.2 Å². The Balaban J connectivity index is 2.14. The fraction of sp³-hybridized carbons (Fsp3) is 0.636. The molecule has 1 unspecified atom stereocenters. The number of aromatic nitrogens is 2. The zero-order valence-electron chi connectivity index (χ0n) is 10.5. The van der Waals surface area contributed by atoms with Crippen molar-refractivity contribution in [2.45, 2.75) is 31.8 Å². The first-order valence-corrected chi connectivity index (χ1v) is 7.94. The van der Waals surface area contributed by atoms with Crippen LogP contribution >= 0.6 is 0 Å². The van der Waals surface area contributed by atoms with Crippen molar-refractivity contribution in [3.63, 3.8) is 0 Å². The monoisotopic (exact) mass is 271 g/mol. The standard InChI is InChI=1S/C11H17N3O3S/c1-8(7-18(2,16)17)13-10-11(15)14(6-5-12-10)9-3-4-9/h5-6,8-9H,3-4,7H2,1-2H3,(H,12,13). The van der Waals surface area contributed by atoms with Crippen molar-refractivity contribution < 1.29 is 8.42 Å². The molecule has 0 bridgehead atoms. The molecule has 6 nitrogen and oxygen atoms in total. The Hall–Kier alpha value is -1.37. The van der Waals surface area contributed by atoms with E-state index in [1.165, 1.54) is 6.26 Å². The van der Waals surface area contributed by atoms with E-state index in [0.29, 0.717) is 0 Å². The van der Waals surface area contributed by atoms with E-state index < -0.39 is 9.84 Å². The molecule has 0 radical (unpaired) electrons. The second-order valence-electron chi connectivity index (χ2n) is 4.86. The van der Waals surface area contributed by atoms with Crippen molar-refractivity contribution in [1.82, 2.24) is 9.55 Å². The number of nitrogens with one attached hydrogen (secondary N) is 1. The Kier molecular flexibility index (Phi) is 3.43. The lowest BCUT2D eigenvalue weighted by molar-refractivity contribution is 0.597. The van der Waals surface area contributed by atoms with E-state index >= 15 is 0 Å². The van der Waals surface area contributed by atoms with Gasteiger partial charge in [-0.25, -0.2) is 13.4 Å². The fourth-order valence-corrected chi connectivity index (χ4v) is 2.88. The Morgan fingerprint density at radius 2 is 2.22 bits per heavy atom. The van der Waals surface area contributed by atoms with Gasteiger partial charge in [-0.2, -0.15) is 0 Å². The second-order valence-corrected chi connectivity index (χ2v) is 7.04. The number of rotatable bonds is 5. The highest BCUT2D eigenvalue weighted by Gasteiger charge is 2.25. The summed E-state index contributed by atoms with van der Waals surface area (Å²) < 4.78 is 24.0. The third-order valence-electron chi connectivity index (χ3n) is 2.74. The summed E-state index contributed by atoms with van der Waals surface area (Å²) in [5, 5.41) is 2.87. The maximum atomic E-state index is 12.0. The molecule has 1 fully saturated rings. The van der Waals surface area contributed by atoms with Gasteiger partial charge < -0.3 is 9.88 Å². The first-order chi connectivity index (χ1) is 8.37. The van der Waals surface area contributed by atoms with E-state index in [-0.39, 0.29) is 29.2 Å². The van der Waals surface area contributed by atoms with Crippen molar-refractivity contribution in [1.29, 1.82) is 0 Å². The second kappa shape index (κ2) is 4.72. The zero-order chi connectivity index (χ0) is 13.3. The Morgan fingerprint density at radius 1 is 1.56 bits per heavy atom. The minimum absolute atomic E-state index is 0.0214. The van der Waals surface area contributed by atoms with Crippen LogP contribution in [0, 0.1) is 0 Å². The summed E-state index contributed by atoms with van der Waals surface area (Å²) in [5.41, 5.74) is -0.180. The third-order valence-corrected chi connectivity index (χ3v) is 3.85.